The van der Waals surface area contributed by atoms with Crippen molar-refractivity contribution in [2.24, 2.45) is 10.8 Å². The molecule has 0 atom stereocenters. The molecule has 20 heavy (non-hydrogen) atoms. The van der Waals surface area contributed by atoms with Crippen LogP contribution < -0.4 is 0 Å². The van der Waals surface area contributed by atoms with Gasteiger partial charge in [-0.05, 0) is 17.7 Å². The van der Waals surface area contributed by atoms with Gasteiger partial charge in [0.1, 0.15) is 0 Å². The number of nitrogens with zero attached hydrogens (tertiary/aromatic N) is 2. The summed E-state index contributed by atoms with van der Waals surface area (Å²) in [4.78, 5) is 5.12. The van der Waals surface area contributed by atoms with Gasteiger partial charge in [-0.15, -0.1) is 0 Å². The van der Waals surface area contributed by atoms with Gasteiger partial charge in [-0.3, -0.25) is 9.80 Å². The minimum atomic E-state index is -0.173. The van der Waals surface area contributed by atoms with Crippen molar-refractivity contribution in [3.8, 4) is 0 Å². The van der Waals surface area contributed by atoms with Gasteiger partial charge in [0.2, 0.25) is 0 Å². The van der Waals surface area contributed by atoms with Gasteiger partial charge >= 0.3 is 0 Å². The van der Waals surface area contributed by atoms with Gasteiger partial charge in [0.15, 0.2) is 0 Å². The van der Waals surface area contributed by atoms with E-state index in [0.29, 0.717) is 6.17 Å². The van der Waals surface area contributed by atoms with Crippen LogP contribution in [0, 0.1) is 10.8 Å². The van der Waals surface area contributed by atoms with E-state index in [4.69, 9.17) is 0 Å². The van der Waals surface area contributed by atoms with Crippen LogP contribution in [0.3, 0.4) is 0 Å². The zero-order chi connectivity index (χ0) is 14.1. The van der Waals surface area contributed by atoms with E-state index in [2.05, 4.69) is 63.8 Å². The normalized spacial score (nSPS) is 49.6. The van der Waals surface area contributed by atoms with Crippen LogP contribution in [-0.4, -0.2) is 47.2 Å². The summed E-state index contributed by atoms with van der Waals surface area (Å²) in [7, 11) is 0. The molecule has 4 heteroatoms. The molecule has 0 aliphatic carbocycles. The third-order valence-electron chi connectivity index (χ3n) is 5.44. The van der Waals surface area contributed by atoms with Crippen molar-refractivity contribution < 1.29 is 5.11 Å². The molecule has 4 fully saturated rings. The molecule has 0 radical (unpaired) electrons. The minimum Gasteiger partial charge on any atom is -0.392 e. The van der Waals surface area contributed by atoms with Gasteiger partial charge in [-0.2, -0.15) is 0 Å². The molecule has 0 aromatic heterocycles. The van der Waals surface area contributed by atoms with Gasteiger partial charge < -0.3 is 5.11 Å². The van der Waals surface area contributed by atoms with E-state index in [1.807, 2.05) is 0 Å². The zero-order valence-corrected chi connectivity index (χ0v) is 13.6. The molecule has 1 aromatic rings. The van der Waals surface area contributed by atoms with Crippen LogP contribution in [0.4, 0.5) is 0 Å². The number of halogens is 1. The second-order valence-corrected chi connectivity index (χ2v) is 8.36. The number of hydrogen-bond donors (Lipinski definition) is 1. The first-order chi connectivity index (χ1) is 9.41. The molecule has 4 heterocycles. The van der Waals surface area contributed by atoms with Crippen LogP contribution in [0.15, 0.2) is 28.7 Å². The predicted molar refractivity (Wildman–Crippen MR) is 82.2 cm³/mol. The molecule has 4 bridgehead atoms. The number of benzene rings is 1. The molecule has 0 unspecified atom stereocenters. The summed E-state index contributed by atoms with van der Waals surface area (Å²) < 4.78 is 1.13. The molecule has 0 spiro atoms. The fourth-order valence-corrected chi connectivity index (χ4v) is 5.15. The van der Waals surface area contributed by atoms with Crippen molar-refractivity contribution in [3.05, 3.63) is 34.3 Å². The van der Waals surface area contributed by atoms with Gasteiger partial charge in [0.25, 0.3) is 0 Å². The first-order valence-corrected chi connectivity index (χ1v) is 8.12. The summed E-state index contributed by atoms with van der Waals surface area (Å²) in [5.74, 6) is 0. The molecule has 3 nitrogen and oxygen atoms in total. The van der Waals surface area contributed by atoms with E-state index in [-0.39, 0.29) is 16.9 Å². The fourth-order valence-electron chi connectivity index (χ4n) is 4.89. The molecule has 4 aliphatic rings. The van der Waals surface area contributed by atoms with E-state index in [1.54, 1.807) is 0 Å². The lowest BCUT2D eigenvalue weighted by molar-refractivity contribution is -0.253. The largest absolute Gasteiger partial charge is 0.392 e. The number of rotatable bonds is 1. The highest BCUT2D eigenvalue weighted by Crippen LogP contribution is 2.54. The van der Waals surface area contributed by atoms with E-state index in [1.165, 1.54) is 5.56 Å². The van der Waals surface area contributed by atoms with Crippen LogP contribution in [0.1, 0.15) is 25.6 Å². The zero-order valence-electron chi connectivity index (χ0n) is 12.0. The van der Waals surface area contributed by atoms with Crippen molar-refractivity contribution in [2.45, 2.75) is 26.1 Å². The first-order valence-electron chi connectivity index (χ1n) is 7.33. The molecule has 0 amide bonds. The molecule has 4 saturated heterocycles. The summed E-state index contributed by atoms with van der Waals surface area (Å²) in [5, 5.41) is 10.7. The van der Waals surface area contributed by atoms with Gasteiger partial charge in [0, 0.05) is 41.5 Å². The maximum Gasteiger partial charge on any atom is 0.0887 e. The predicted octanol–water partition coefficient (Wildman–Crippen LogP) is 2.47. The quantitative estimate of drug-likeness (QED) is 0.853. The topological polar surface area (TPSA) is 26.7 Å². The minimum absolute atomic E-state index is 0.0249. The van der Waals surface area contributed by atoms with Crippen molar-refractivity contribution in [2.75, 3.05) is 26.2 Å². The summed E-state index contributed by atoms with van der Waals surface area (Å²) in [6.07, 6.45) is 0.213. The molecule has 4 aliphatic heterocycles. The van der Waals surface area contributed by atoms with Gasteiger partial charge in [-0.25, -0.2) is 0 Å². The molecular weight excluding hydrogens is 316 g/mol. The van der Waals surface area contributed by atoms with Gasteiger partial charge in [0.05, 0.1) is 12.3 Å². The van der Waals surface area contributed by atoms with Crippen molar-refractivity contribution >= 4 is 15.9 Å². The third-order valence-corrected chi connectivity index (χ3v) is 5.97. The number of piperidine rings is 2. The average Bonchev–Trinajstić information content (AvgIpc) is 2.36. The lowest BCUT2D eigenvalue weighted by Gasteiger charge is -2.68. The monoisotopic (exact) mass is 336 g/mol. The Morgan fingerprint density at radius 3 is 1.90 bits per heavy atom. The van der Waals surface area contributed by atoms with Crippen molar-refractivity contribution in [1.29, 1.82) is 0 Å². The highest BCUT2D eigenvalue weighted by molar-refractivity contribution is 9.10. The van der Waals surface area contributed by atoms with Crippen molar-refractivity contribution in [3.63, 3.8) is 0 Å². The van der Waals surface area contributed by atoms with Crippen LogP contribution in [0.2, 0.25) is 0 Å². The van der Waals surface area contributed by atoms with Crippen LogP contribution in [0.25, 0.3) is 0 Å². The Bertz CT molecular complexity index is 506. The number of aliphatic hydroxyl groups is 1. The first kappa shape index (κ1) is 13.3. The summed E-state index contributed by atoms with van der Waals surface area (Å²) in [5.41, 5.74) is 1.42. The standard InChI is InChI=1S/C16H21BrN2O/c1-15-7-18-9-16(2,14(15)20)10-19(8-15)13(18)11-3-5-12(17)6-4-11/h3-6,13-14,20H,7-10H2,1-2H3. The van der Waals surface area contributed by atoms with E-state index in [0.717, 1.165) is 30.7 Å². The molecule has 1 N–H and O–H groups in total. The van der Waals surface area contributed by atoms with E-state index >= 15 is 0 Å². The molecule has 5 rings (SSSR count). The van der Waals surface area contributed by atoms with Crippen LogP contribution in [-0.2, 0) is 0 Å². The number of aliphatic hydroxyl groups excluding tert-OH is 1. The molecular formula is C16H21BrN2O. The Hall–Kier alpha value is -0.420. The van der Waals surface area contributed by atoms with E-state index < -0.39 is 0 Å². The van der Waals surface area contributed by atoms with E-state index in [9.17, 15) is 5.11 Å². The Balaban J connectivity index is 1.72. The maximum absolute atomic E-state index is 10.7. The lowest BCUT2D eigenvalue weighted by atomic mass is 9.60. The Morgan fingerprint density at radius 1 is 1.00 bits per heavy atom. The molecule has 1 aromatic carbocycles. The smallest absolute Gasteiger partial charge is 0.0887 e. The van der Waals surface area contributed by atoms with Crippen LogP contribution >= 0.6 is 15.9 Å². The average molecular weight is 337 g/mol. The Kier molecular flexibility index (Phi) is 2.70. The highest BCUT2D eigenvalue weighted by atomic mass is 79.9. The second-order valence-electron chi connectivity index (χ2n) is 7.45. The summed E-state index contributed by atoms with van der Waals surface area (Å²) >= 11 is 3.51. The van der Waals surface area contributed by atoms with Crippen molar-refractivity contribution in [1.82, 2.24) is 9.80 Å². The Morgan fingerprint density at radius 2 is 1.45 bits per heavy atom. The fraction of sp³-hybridized carbons (Fsp3) is 0.625. The molecule has 108 valence electrons. The third kappa shape index (κ3) is 1.68. The summed E-state index contributed by atoms with van der Waals surface area (Å²) in [6.45, 7) is 8.49. The number of hydrogen-bond acceptors (Lipinski definition) is 3. The summed E-state index contributed by atoms with van der Waals surface area (Å²) in [6, 6.07) is 8.69. The lowest BCUT2D eigenvalue weighted by Crippen LogP contribution is -2.76. The highest BCUT2D eigenvalue weighted by Gasteiger charge is 2.61. The van der Waals surface area contributed by atoms with Crippen LogP contribution in [0.5, 0.6) is 0 Å². The van der Waals surface area contributed by atoms with Gasteiger partial charge in [-0.1, -0.05) is 41.9 Å². The molecule has 0 saturated carbocycles. The maximum atomic E-state index is 10.7. The SMILES string of the molecule is CC12CN3CC(C)(CN(C1)C3c1ccc(Br)cc1)C2O. The Labute approximate surface area is 128 Å². The second kappa shape index (κ2) is 4.07.